The maximum Gasteiger partial charge on any atom is 0.208 e. The molecule has 0 saturated carbocycles. The number of aryl methyl sites for hydroxylation is 1. The van der Waals surface area contributed by atoms with Crippen LogP contribution >= 0.6 is 0 Å². The van der Waals surface area contributed by atoms with Crippen LogP contribution in [-0.2, 0) is 26.1 Å². The van der Waals surface area contributed by atoms with Crippen molar-refractivity contribution in [1.82, 2.24) is 0 Å². The minimum atomic E-state index is -3.67. The van der Waals surface area contributed by atoms with Gasteiger partial charge >= 0.3 is 0 Å². The summed E-state index contributed by atoms with van der Waals surface area (Å²) in [5, 5.41) is 10.1. The normalized spacial score (nSPS) is 20.3. The van der Waals surface area contributed by atoms with Crippen LogP contribution in [0, 0.1) is 17.8 Å². The molecule has 0 aromatic heterocycles. The summed E-state index contributed by atoms with van der Waals surface area (Å²) >= 11 is 0. The van der Waals surface area contributed by atoms with Gasteiger partial charge in [0.15, 0.2) is 19.7 Å². The summed E-state index contributed by atoms with van der Waals surface area (Å²) in [6.07, 6.45) is 12.4. The van der Waals surface area contributed by atoms with Gasteiger partial charge in [0.2, 0.25) is 4.93 Å². The number of benzene rings is 1. The Morgan fingerprint density at radius 1 is 0.886 bits per heavy atom. The van der Waals surface area contributed by atoms with Gasteiger partial charge in [0.05, 0.1) is 0 Å². The van der Waals surface area contributed by atoms with Crippen LogP contribution < -0.4 is 4.74 Å². The third kappa shape index (κ3) is 8.66. The van der Waals surface area contributed by atoms with Crippen molar-refractivity contribution in [2.75, 3.05) is 12.5 Å². The molecule has 1 heterocycles. The molecule has 8 heteroatoms. The lowest BCUT2D eigenvalue weighted by molar-refractivity contribution is 0.112. The molecule has 0 bridgehead atoms. The smallest absolute Gasteiger partial charge is 0.208 e. The van der Waals surface area contributed by atoms with Crippen LogP contribution in [0.2, 0.25) is 0 Å². The van der Waals surface area contributed by atoms with Crippen LogP contribution in [0.25, 0.3) is 0 Å². The van der Waals surface area contributed by atoms with Gasteiger partial charge in [0, 0.05) is 31.4 Å². The Kier molecular flexibility index (Phi) is 10.5. The molecule has 0 saturated heterocycles. The summed E-state index contributed by atoms with van der Waals surface area (Å²) in [5.74, 6) is 1.94. The van der Waals surface area contributed by atoms with Crippen molar-refractivity contribution in [3.05, 3.63) is 17.7 Å². The predicted molar refractivity (Wildman–Crippen MR) is 142 cm³/mol. The molecular formula is C27H46O6S2. The zero-order chi connectivity index (χ0) is 26.4. The summed E-state index contributed by atoms with van der Waals surface area (Å²) in [4.78, 5) is -1.61. The molecule has 1 aromatic carbocycles. The average Bonchev–Trinajstić information content (AvgIpc) is 2.71. The van der Waals surface area contributed by atoms with Gasteiger partial charge in [-0.2, -0.15) is 0 Å². The number of ether oxygens (including phenoxy) is 1. The van der Waals surface area contributed by atoms with E-state index < -0.39 is 24.6 Å². The minimum absolute atomic E-state index is 0.236. The molecule has 2 rings (SSSR count). The molecule has 6 nitrogen and oxygen atoms in total. The van der Waals surface area contributed by atoms with E-state index in [0.717, 1.165) is 37.4 Å². The van der Waals surface area contributed by atoms with Crippen LogP contribution in [-0.4, -0.2) is 39.4 Å². The van der Waals surface area contributed by atoms with Gasteiger partial charge in [-0.3, -0.25) is 0 Å². The monoisotopic (exact) mass is 530 g/mol. The fourth-order valence-electron chi connectivity index (χ4n) is 5.08. The van der Waals surface area contributed by atoms with Crippen LogP contribution in [0.15, 0.2) is 17.0 Å². The number of aromatic hydroxyl groups is 1. The van der Waals surface area contributed by atoms with E-state index in [-0.39, 0.29) is 16.4 Å². The fourth-order valence-corrected chi connectivity index (χ4v) is 7.07. The number of phenolic OH excluding ortho intramolecular Hbond substituents is 1. The first kappa shape index (κ1) is 29.9. The molecule has 0 radical (unpaired) electrons. The SMILES string of the molecule is CC(C)CCCC(C)CCCC(C)CCCC1(S(C)(=O)=O)CCc2cc(O)c(S(C)(=O)=O)cc2O1. The number of hydrogen-bond donors (Lipinski definition) is 1. The minimum Gasteiger partial charge on any atom is -0.507 e. The van der Waals surface area contributed by atoms with E-state index in [9.17, 15) is 21.9 Å². The maximum absolute atomic E-state index is 12.8. The Bertz CT molecular complexity index is 1050. The Labute approximate surface area is 213 Å². The zero-order valence-electron chi connectivity index (χ0n) is 22.5. The third-order valence-corrected chi connectivity index (χ3v) is 10.4. The first-order chi connectivity index (χ1) is 16.1. The average molecular weight is 531 g/mol. The summed E-state index contributed by atoms with van der Waals surface area (Å²) in [5.41, 5.74) is 0.630. The molecule has 0 spiro atoms. The van der Waals surface area contributed by atoms with Gasteiger partial charge in [0.25, 0.3) is 0 Å². The highest BCUT2D eigenvalue weighted by Crippen LogP contribution is 2.43. The number of hydrogen-bond acceptors (Lipinski definition) is 6. The first-order valence-corrected chi connectivity index (χ1v) is 16.9. The van der Waals surface area contributed by atoms with Gasteiger partial charge in [-0.15, -0.1) is 0 Å². The number of rotatable bonds is 14. The summed E-state index contributed by atoms with van der Waals surface area (Å²) in [7, 11) is -7.24. The summed E-state index contributed by atoms with van der Waals surface area (Å²) < 4.78 is 55.7. The highest BCUT2D eigenvalue weighted by Gasteiger charge is 2.45. The standard InChI is InChI=1S/C27H46O6S2/c1-20(2)10-7-11-21(3)12-8-13-22(4)14-9-16-27(35(6,31)32)17-15-23-18-24(28)26(34(5,29)30)19-25(23)33-27/h18-22,28H,7-17H2,1-6H3. The van der Waals surface area contributed by atoms with Crippen molar-refractivity contribution < 1.29 is 26.7 Å². The number of phenols is 1. The van der Waals surface area contributed by atoms with Gasteiger partial charge < -0.3 is 9.84 Å². The molecule has 0 aliphatic carbocycles. The van der Waals surface area contributed by atoms with Crippen molar-refractivity contribution >= 4 is 19.7 Å². The lowest BCUT2D eigenvalue weighted by atomic mass is 9.91. The van der Waals surface area contributed by atoms with Crippen molar-refractivity contribution in [1.29, 1.82) is 0 Å². The Morgan fingerprint density at radius 2 is 1.43 bits per heavy atom. The van der Waals surface area contributed by atoms with Crippen molar-refractivity contribution in [3.63, 3.8) is 0 Å². The van der Waals surface area contributed by atoms with Gasteiger partial charge in [-0.25, -0.2) is 16.8 Å². The van der Waals surface area contributed by atoms with Crippen LogP contribution in [0.5, 0.6) is 11.5 Å². The van der Waals surface area contributed by atoms with Crippen LogP contribution in [0.3, 0.4) is 0 Å². The van der Waals surface area contributed by atoms with Crippen molar-refractivity contribution in [3.8, 4) is 11.5 Å². The Balaban J connectivity index is 1.94. The molecule has 1 aliphatic rings. The fraction of sp³-hybridized carbons (Fsp3) is 0.778. The summed E-state index contributed by atoms with van der Waals surface area (Å²) in [6, 6.07) is 2.65. The topological polar surface area (TPSA) is 97.7 Å². The van der Waals surface area contributed by atoms with Gasteiger partial charge in [0.1, 0.15) is 16.4 Å². The molecule has 35 heavy (non-hydrogen) atoms. The lowest BCUT2D eigenvalue weighted by Gasteiger charge is -2.37. The molecule has 3 unspecified atom stereocenters. The van der Waals surface area contributed by atoms with Crippen molar-refractivity contribution in [2.45, 2.75) is 108 Å². The van der Waals surface area contributed by atoms with Gasteiger partial charge in [-0.05, 0) is 42.2 Å². The van der Waals surface area contributed by atoms with E-state index >= 15 is 0 Å². The van der Waals surface area contributed by atoms with E-state index in [0.29, 0.717) is 30.7 Å². The Hall–Kier alpha value is -1.28. The van der Waals surface area contributed by atoms with E-state index in [1.54, 1.807) is 0 Å². The third-order valence-electron chi connectivity index (χ3n) is 7.42. The second kappa shape index (κ2) is 12.3. The van der Waals surface area contributed by atoms with Crippen LogP contribution in [0.4, 0.5) is 0 Å². The molecule has 3 atom stereocenters. The molecule has 1 aliphatic heterocycles. The molecule has 1 N–H and O–H groups in total. The molecule has 202 valence electrons. The molecule has 1 aromatic rings. The van der Waals surface area contributed by atoms with E-state index in [1.165, 1.54) is 50.5 Å². The quantitative estimate of drug-likeness (QED) is 0.303. The van der Waals surface area contributed by atoms with Crippen LogP contribution in [0.1, 0.15) is 97.5 Å². The molecular weight excluding hydrogens is 484 g/mol. The van der Waals surface area contributed by atoms with Crippen molar-refractivity contribution in [2.24, 2.45) is 17.8 Å². The highest BCUT2D eigenvalue weighted by atomic mass is 32.2. The first-order valence-electron chi connectivity index (χ1n) is 13.1. The number of sulfone groups is 2. The van der Waals surface area contributed by atoms with E-state index in [2.05, 4.69) is 27.7 Å². The van der Waals surface area contributed by atoms with E-state index in [1.807, 2.05) is 0 Å². The molecule has 0 fully saturated rings. The molecule has 0 amide bonds. The van der Waals surface area contributed by atoms with E-state index in [4.69, 9.17) is 4.74 Å². The second-order valence-electron chi connectivity index (χ2n) is 11.3. The largest absolute Gasteiger partial charge is 0.507 e. The predicted octanol–water partition coefficient (Wildman–Crippen LogP) is 6.30. The zero-order valence-corrected chi connectivity index (χ0v) is 24.1. The maximum atomic E-state index is 12.8. The second-order valence-corrected chi connectivity index (χ2v) is 15.6. The number of fused-ring (bicyclic) bond motifs is 1. The Morgan fingerprint density at radius 3 is 1.94 bits per heavy atom. The lowest BCUT2D eigenvalue weighted by Crippen LogP contribution is -2.46. The summed E-state index contributed by atoms with van der Waals surface area (Å²) in [6.45, 7) is 9.12. The van der Waals surface area contributed by atoms with Gasteiger partial charge in [-0.1, -0.05) is 72.6 Å². The highest BCUT2D eigenvalue weighted by molar-refractivity contribution is 7.92.